The molecule has 1 aliphatic rings. The Kier molecular flexibility index (Phi) is 6.34. The van der Waals surface area contributed by atoms with E-state index in [2.05, 4.69) is 0 Å². The Bertz CT molecular complexity index is 913. The number of benzene rings is 1. The van der Waals surface area contributed by atoms with Crippen molar-refractivity contribution < 1.29 is 23.5 Å². The van der Waals surface area contributed by atoms with E-state index in [1.165, 1.54) is 12.5 Å². The van der Waals surface area contributed by atoms with Crippen LogP contribution in [-0.2, 0) is 14.3 Å². The number of likely N-dealkylation sites (N-methyl/N-ethyl adjacent to an activating group) is 1. The van der Waals surface area contributed by atoms with E-state index in [1.54, 1.807) is 30.1 Å². The highest BCUT2D eigenvalue weighted by Crippen LogP contribution is 2.23. The normalized spacial score (nSPS) is 14.6. The van der Waals surface area contributed by atoms with Gasteiger partial charge in [0.25, 0.3) is 5.91 Å². The van der Waals surface area contributed by atoms with Gasteiger partial charge in [0.2, 0.25) is 0 Å². The number of carbonyl (C=O) groups excluding carboxylic acids is 2. The molecule has 0 unspecified atom stereocenters. The summed E-state index contributed by atoms with van der Waals surface area (Å²) in [6.45, 7) is 1.20. The average molecular weight is 387 g/mol. The molecule has 1 heterocycles. The van der Waals surface area contributed by atoms with Gasteiger partial charge in [-0.25, -0.2) is 9.59 Å². The van der Waals surface area contributed by atoms with Gasteiger partial charge in [0.1, 0.15) is 11.3 Å². The fraction of sp³-hybridized carbons (Fsp3) is 0.476. The molecule has 3 rings (SSSR count). The molecule has 0 aliphatic heterocycles. The van der Waals surface area contributed by atoms with Crippen LogP contribution < -0.4 is 10.4 Å². The van der Waals surface area contributed by atoms with Crippen LogP contribution >= 0.6 is 0 Å². The van der Waals surface area contributed by atoms with Crippen LogP contribution in [0.5, 0.6) is 5.75 Å². The van der Waals surface area contributed by atoms with Gasteiger partial charge in [0.05, 0.1) is 0 Å². The molecule has 28 heavy (non-hydrogen) atoms. The van der Waals surface area contributed by atoms with Crippen LogP contribution in [0, 0.1) is 6.92 Å². The molecule has 0 atom stereocenters. The molecule has 1 saturated carbocycles. The van der Waals surface area contributed by atoms with Crippen LogP contribution in [0.2, 0.25) is 0 Å². The maximum atomic E-state index is 12.2. The third-order valence-electron chi connectivity index (χ3n) is 5.15. The van der Waals surface area contributed by atoms with E-state index in [9.17, 15) is 14.4 Å². The van der Waals surface area contributed by atoms with Crippen molar-refractivity contribution in [1.82, 2.24) is 4.90 Å². The van der Waals surface area contributed by atoms with E-state index in [4.69, 9.17) is 13.9 Å². The van der Waals surface area contributed by atoms with Crippen molar-refractivity contribution in [3.8, 4) is 5.75 Å². The fourth-order valence-corrected chi connectivity index (χ4v) is 3.49. The number of aryl methyl sites for hydroxylation is 1. The van der Waals surface area contributed by atoms with Gasteiger partial charge in [-0.1, -0.05) is 19.3 Å². The van der Waals surface area contributed by atoms with Crippen LogP contribution in [0.1, 0.15) is 37.7 Å². The van der Waals surface area contributed by atoms with Crippen molar-refractivity contribution in [2.45, 2.75) is 45.1 Å². The largest absolute Gasteiger partial charge is 0.482 e. The highest BCUT2D eigenvalue weighted by Gasteiger charge is 2.22. The second-order valence-corrected chi connectivity index (χ2v) is 7.15. The smallest absolute Gasteiger partial charge is 0.344 e. The first-order valence-electron chi connectivity index (χ1n) is 9.52. The van der Waals surface area contributed by atoms with Gasteiger partial charge < -0.3 is 18.8 Å². The Morgan fingerprint density at radius 3 is 2.64 bits per heavy atom. The molecule has 7 heteroatoms. The summed E-state index contributed by atoms with van der Waals surface area (Å²) in [6, 6.07) is 6.65. The van der Waals surface area contributed by atoms with Gasteiger partial charge in [-0.05, 0) is 37.5 Å². The van der Waals surface area contributed by atoms with Crippen LogP contribution in [0.25, 0.3) is 11.0 Å². The monoisotopic (exact) mass is 387 g/mol. The third-order valence-corrected chi connectivity index (χ3v) is 5.15. The molecule has 0 bridgehead atoms. The van der Waals surface area contributed by atoms with Crippen LogP contribution in [-0.4, -0.2) is 43.1 Å². The Labute approximate surface area is 163 Å². The van der Waals surface area contributed by atoms with Crippen molar-refractivity contribution in [1.29, 1.82) is 0 Å². The van der Waals surface area contributed by atoms with Crippen molar-refractivity contribution in [2.75, 3.05) is 20.3 Å². The second-order valence-electron chi connectivity index (χ2n) is 7.15. The first kappa shape index (κ1) is 19.9. The summed E-state index contributed by atoms with van der Waals surface area (Å²) in [6.07, 6.45) is 5.46. The minimum Gasteiger partial charge on any atom is -0.482 e. The molecule has 0 N–H and O–H groups in total. The van der Waals surface area contributed by atoms with Gasteiger partial charge in [-0.2, -0.15) is 0 Å². The lowest BCUT2D eigenvalue weighted by molar-refractivity contribution is -0.154. The van der Waals surface area contributed by atoms with Crippen molar-refractivity contribution in [3.63, 3.8) is 0 Å². The van der Waals surface area contributed by atoms with Crippen molar-refractivity contribution in [3.05, 3.63) is 40.2 Å². The summed E-state index contributed by atoms with van der Waals surface area (Å²) < 4.78 is 15.6. The zero-order valence-corrected chi connectivity index (χ0v) is 16.2. The molecule has 1 amide bonds. The highest BCUT2D eigenvalue weighted by atomic mass is 16.6. The lowest BCUT2D eigenvalue weighted by atomic mass is 9.94. The Hall–Kier alpha value is -2.83. The summed E-state index contributed by atoms with van der Waals surface area (Å²) in [5.41, 5.74) is 0.750. The second kappa shape index (κ2) is 8.91. The molecule has 0 spiro atoms. The maximum absolute atomic E-state index is 12.2. The number of carbonyl (C=O) groups is 2. The molecule has 0 saturated heterocycles. The van der Waals surface area contributed by atoms with E-state index in [0.29, 0.717) is 11.3 Å². The van der Waals surface area contributed by atoms with Crippen LogP contribution in [0.15, 0.2) is 33.5 Å². The topological polar surface area (TPSA) is 86.0 Å². The lowest BCUT2D eigenvalue weighted by Crippen LogP contribution is -2.40. The lowest BCUT2D eigenvalue weighted by Gasteiger charge is -2.31. The summed E-state index contributed by atoms with van der Waals surface area (Å²) in [4.78, 5) is 37.3. The number of fused-ring (bicyclic) bond motifs is 1. The predicted octanol–water partition coefficient (Wildman–Crippen LogP) is 2.81. The Morgan fingerprint density at radius 1 is 1.14 bits per heavy atom. The predicted molar refractivity (Wildman–Crippen MR) is 103 cm³/mol. The minimum absolute atomic E-state index is 0.205. The number of nitrogens with zero attached hydrogens (tertiary/aromatic N) is 1. The Morgan fingerprint density at radius 2 is 1.89 bits per heavy atom. The van der Waals surface area contributed by atoms with E-state index in [0.717, 1.165) is 36.6 Å². The first-order chi connectivity index (χ1) is 13.4. The molecular weight excluding hydrogens is 362 g/mol. The number of amides is 1. The zero-order chi connectivity index (χ0) is 20.1. The molecule has 1 aromatic carbocycles. The molecule has 2 aromatic rings. The first-order valence-corrected chi connectivity index (χ1v) is 9.52. The molecular formula is C21H25NO6. The molecule has 0 radical (unpaired) electrons. The van der Waals surface area contributed by atoms with Crippen LogP contribution in [0.4, 0.5) is 0 Å². The number of hydrogen-bond donors (Lipinski definition) is 0. The number of esters is 1. The van der Waals surface area contributed by atoms with Crippen molar-refractivity contribution >= 4 is 22.8 Å². The molecule has 1 fully saturated rings. The molecule has 7 nitrogen and oxygen atoms in total. The molecule has 150 valence electrons. The number of rotatable bonds is 6. The van der Waals surface area contributed by atoms with E-state index >= 15 is 0 Å². The minimum atomic E-state index is -0.629. The summed E-state index contributed by atoms with van der Waals surface area (Å²) in [5, 5.41) is 0.797. The van der Waals surface area contributed by atoms with Gasteiger partial charge in [0, 0.05) is 30.6 Å². The van der Waals surface area contributed by atoms with Gasteiger partial charge in [0.15, 0.2) is 13.2 Å². The zero-order valence-electron chi connectivity index (χ0n) is 16.2. The summed E-state index contributed by atoms with van der Waals surface area (Å²) in [5.74, 6) is -0.455. The third kappa shape index (κ3) is 4.91. The van der Waals surface area contributed by atoms with Crippen LogP contribution in [0.3, 0.4) is 0 Å². The quantitative estimate of drug-likeness (QED) is 0.560. The fourth-order valence-electron chi connectivity index (χ4n) is 3.49. The highest BCUT2D eigenvalue weighted by molar-refractivity contribution is 5.82. The standard InChI is InChI=1S/C21H25NO6/c1-14-10-20(24)28-18-11-16(8-9-17(14)18)26-13-21(25)27-12-19(23)22(2)15-6-4-3-5-7-15/h8-11,15H,3-7,12-13H2,1-2H3. The molecule has 1 aromatic heterocycles. The summed E-state index contributed by atoms with van der Waals surface area (Å²) >= 11 is 0. The number of hydrogen-bond acceptors (Lipinski definition) is 6. The average Bonchev–Trinajstić information content (AvgIpc) is 2.70. The maximum Gasteiger partial charge on any atom is 0.344 e. The van der Waals surface area contributed by atoms with E-state index < -0.39 is 11.6 Å². The van der Waals surface area contributed by atoms with E-state index in [-0.39, 0.29) is 25.2 Å². The van der Waals surface area contributed by atoms with Gasteiger partial charge in [-0.3, -0.25) is 4.79 Å². The van der Waals surface area contributed by atoms with Crippen molar-refractivity contribution in [2.24, 2.45) is 0 Å². The summed E-state index contributed by atoms with van der Waals surface area (Å²) in [7, 11) is 1.76. The molecule has 1 aliphatic carbocycles. The van der Waals surface area contributed by atoms with E-state index in [1.807, 2.05) is 6.92 Å². The van der Waals surface area contributed by atoms with Gasteiger partial charge >= 0.3 is 11.6 Å². The van der Waals surface area contributed by atoms with Gasteiger partial charge in [-0.15, -0.1) is 0 Å². The Balaban J connectivity index is 1.49. The number of ether oxygens (including phenoxy) is 2. The SMILES string of the molecule is Cc1cc(=O)oc2cc(OCC(=O)OCC(=O)N(C)C3CCCCC3)ccc12.